The summed E-state index contributed by atoms with van der Waals surface area (Å²) in [7, 11) is 1.73. The third-order valence-corrected chi connectivity index (χ3v) is 4.76. The van der Waals surface area contributed by atoms with Gasteiger partial charge in [-0.3, -0.25) is 9.59 Å². The number of rotatable bonds is 7. The fourth-order valence-electron chi connectivity index (χ4n) is 3.21. The van der Waals surface area contributed by atoms with E-state index in [1.807, 2.05) is 50.2 Å². The topological polar surface area (TPSA) is 67.2 Å². The van der Waals surface area contributed by atoms with Gasteiger partial charge in [-0.25, -0.2) is 9.07 Å². The van der Waals surface area contributed by atoms with Crippen molar-refractivity contribution in [2.45, 2.75) is 26.8 Å². The molecule has 0 fully saturated rings. The Balaban J connectivity index is 1.54. The normalized spacial score (nSPS) is 10.7. The predicted octanol–water partition coefficient (Wildman–Crippen LogP) is 3.41. The standard InChI is InChI=1S/C23H25FN4O2/c1-16-13-17(2)28(26-16)21-10-9-19(14-20(21)24)23(30)25-12-11-22(29)27(3)15-18-7-5-4-6-8-18/h4-10,13-14H,11-12,15H2,1-3H3,(H,25,30). The van der Waals surface area contributed by atoms with Crippen LogP contribution in [-0.4, -0.2) is 40.1 Å². The first-order chi connectivity index (χ1) is 14.3. The Kier molecular flexibility index (Phi) is 6.61. The van der Waals surface area contributed by atoms with Gasteiger partial charge >= 0.3 is 0 Å². The maximum Gasteiger partial charge on any atom is 0.251 e. The second kappa shape index (κ2) is 9.35. The average Bonchev–Trinajstić information content (AvgIpc) is 3.06. The van der Waals surface area contributed by atoms with Gasteiger partial charge in [-0.1, -0.05) is 30.3 Å². The zero-order valence-electron chi connectivity index (χ0n) is 17.4. The molecule has 0 saturated heterocycles. The molecule has 0 bridgehead atoms. The van der Waals surface area contributed by atoms with Gasteiger partial charge in [-0.05, 0) is 43.7 Å². The lowest BCUT2D eigenvalue weighted by atomic mass is 10.1. The monoisotopic (exact) mass is 408 g/mol. The molecule has 1 aromatic heterocycles. The van der Waals surface area contributed by atoms with Gasteiger partial charge in [0.05, 0.1) is 5.69 Å². The second-order valence-electron chi connectivity index (χ2n) is 7.25. The number of benzene rings is 2. The van der Waals surface area contributed by atoms with E-state index in [4.69, 9.17) is 0 Å². The van der Waals surface area contributed by atoms with E-state index in [1.165, 1.54) is 16.8 Å². The number of carbonyl (C=O) groups excluding carboxylic acids is 2. The number of carbonyl (C=O) groups is 2. The van der Waals surface area contributed by atoms with E-state index >= 15 is 0 Å². The molecule has 0 saturated carbocycles. The van der Waals surface area contributed by atoms with Crippen LogP contribution >= 0.6 is 0 Å². The summed E-state index contributed by atoms with van der Waals surface area (Å²) in [5.41, 5.74) is 3.12. The van der Waals surface area contributed by atoms with Gasteiger partial charge in [0.2, 0.25) is 5.91 Å². The molecule has 0 aliphatic heterocycles. The average molecular weight is 408 g/mol. The lowest BCUT2D eigenvalue weighted by Gasteiger charge is -2.17. The zero-order chi connectivity index (χ0) is 21.7. The molecule has 0 radical (unpaired) electrons. The van der Waals surface area contributed by atoms with Gasteiger partial charge in [0.25, 0.3) is 5.91 Å². The van der Waals surface area contributed by atoms with Crippen LogP contribution in [0.4, 0.5) is 4.39 Å². The van der Waals surface area contributed by atoms with Crippen molar-refractivity contribution in [1.29, 1.82) is 0 Å². The van der Waals surface area contributed by atoms with E-state index in [1.54, 1.807) is 18.0 Å². The summed E-state index contributed by atoms with van der Waals surface area (Å²) in [4.78, 5) is 26.2. The largest absolute Gasteiger partial charge is 0.352 e. The van der Waals surface area contributed by atoms with Crippen molar-refractivity contribution in [1.82, 2.24) is 20.0 Å². The van der Waals surface area contributed by atoms with Crippen LogP contribution in [0, 0.1) is 19.7 Å². The van der Waals surface area contributed by atoms with E-state index in [-0.39, 0.29) is 30.1 Å². The molecule has 30 heavy (non-hydrogen) atoms. The van der Waals surface area contributed by atoms with Crippen LogP contribution in [0.15, 0.2) is 54.6 Å². The highest BCUT2D eigenvalue weighted by Gasteiger charge is 2.14. The molecule has 2 aromatic carbocycles. The first-order valence-corrected chi connectivity index (χ1v) is 9.74. The molecule has 0 spiro atoms. The SMILES string of the molecule is Cc1cc(C)n(-c2ccc(C(=O)NCCC(=O)N(C)Cc3ccccc3)cc2F)n1. The molecule has 0 atom stereocenters. The third kappa shape index (κ3) is 5.11. The van der Waals surface area contributed by atoms with Gasteiger partial charge in [-0.2, -0.15) is 5.10 Å². The maximum absolute atomic E-state index is 14.5. The second-order valence-corrected chi connectivity index (χ2v) is 7.25. The summed E-state index contributed by atoms with van der Waals surface area (Å²) in [5, 5.41) is 6.94. The Morgan fingerprint density at radius 3 is 2.47 bits per heavy atom. The first kappa shape index (κ1) is 21.2. The number of aromatic nitrogens is 2. The number of hydrogen-bond acceptors (Lipinski definition) is 3. The van der Waals surface area contributed by atoms with E-state index in [9.17, 15) is 14.0 Å². The highest BCUT2D eigenvalue weighted by molar-refractivity contribution is 5.94. The Labute approximate surface area is 175 Å². The van der Waals surface area contributed by atoms with Crippen molar-refractivity contribution in [3.63, 3.8) is 0 Å². The van der Waals surface area contributed by atoms with Gasteiger partial charge in [-0.15, -0.1) is 0 Å². The molecule has 2 amide bonds. The van der Waals surface area contributed by atoms with Crippen LogP contribution in [0.3, 0.4) is 0 Å². The molecule has 156 valence electrons. The van der Waals surface area contributed by atoms with E-state index < -0.39 is 11.7 Å². The first-order valence-electron chi connectivity index (χ1n) is 9.74. The molecular formula is C23H25FN4O2. The van der Waals surface area contributed by atoms with E-state index in [2.05, 4.69) is 10.4 Å². The summed E-state index contributed by atoms with van der Waals surface area (Å²) >= 11 is 0. The van der Waals surface area contributed by atoms with Crippen LogP contribution in [0.25, 0.3) is 5.69 Å². The minimum atomic E-state index is -0.535. The predicted molar refractivity (Wildman–Crippen MR) is 113 cm³/mol. The number of aryl methyl sites for hydroxylation is 2. The molecule has 1 heterocycles. The quantitative estimate of drug-likeness (QED) is 0.652. The highest BCUT2D eigenvalue weighted by Crippen LogP contribution is 2.17. The third-order valence-electron chi connectivity index (χ3n) is 4.76. The van der Waals surface area contributed by atoms with Crippen molar-refractivity contribution in [2.75, 3.05) is 13.6 Å². The molecule has 6 nitrogen and oxygen atoms in total. The van der Waals surface area contributed by atoms with E-state index in [0.717, 1.165) is 17.0 Å². The zero-order valence-corrected chi connectivity index (χ0v) is 17.4. The molecular weight excluding hydrogens is 383 g/mol. The molecule has 7 heteroatoms. The number of amides is 2. The van der Waals surface area contributed by atoms with Gasteiger partial charge in [0.15, 0.2) is 0 Å². The summed E-state index contributed by atoms with van der Waals surface area (Å²) in [6.45, 7) is 4.36. The van der Waals surface area contributed by atoms with Crippen LogP contribution in [0.2, 0.25) is 0 Å². The van der Waals surface area contributed by atoms with Crippen molar-refractivity contribution in [3.05, 3.63) is 82.9 Å². The van der Waals surface area contributed by atoms with Gasteiger partial charge in [0.1, 0.15) is 11.5 Å². The molecule has 0 aliphatic carbocycles. The van der Waals surface area contributed by atoms with Crippen molar-refractivity contribution < 1.29 is 14.0 Å². The minimum Gasteiger partial charge on any atom is -0.352 e. The summed E-state index contributed by atoms with van der Waals surface area (Å²) in [6.07, 6.45) is 0.168. The Morgan fingerprint density at radius 2 is 1.83 bits per heavy atom. The number of hydrogen-bond donors (Lipinski definition) is 1. The lowest BCUT2D eigenvalue weighted by Crippen LogP contribution is -2.32. The molecule has 3 aromatic rings. The minimum absolute atomic E-state index is 0.0785. The molecule has 0 unspecified atom stereocenters. The highest BCUT2D eigenvalue weighted by atomic mass is 19.1. The van der Waals surface area contributed by atoms with Crippen molar-refractivity contribution in [3.8, 4) is 5.69 Å². The van der Waals surface area contributed by atoms with Crippen LogP contribution < -0.4 is 5.32 Å². The van der Waals surface area contributed by atoms with Gasteiger partial charge < -0.3 is 10.2 Å². The molecule has 1 N–H and O–H groups in total. The van der Waals surface area contributed by atoms with Crippen molar-refractivity contribution in [2.24, 2.45) is 0 Å². The summed E-state index contributed by atoms with van der Waals surface area (Å²) in [5.74, 6) is -1.04. The molecule has 3 rings (SSSR count). The maximum atomic E-state index is 14.5. The van der Waals surface area contributed by atoms with Crippen molar-refractivity contribution >= 4 is 11.8 Å². The molecule has 0 aliphatic rings. The Bertz CT molecular complexity index is 1050. The smallest absolute Gasteiger partial charge is 0.251 e. The Hall–Kier alpha value is -3.48. The number of nitrogens with one attached hydrogen (secondary N) is 1. The van der Waals surface area contributed by atoms with Crippen LogP contribution in [0.5, 0.6) is 0 Å². The Morgan fingerprint density at radius 1 is 1.10 bits per heavy atom. The van der Waals surface area contributed by atoms with E-state index in [0.29, 0.717) is 6.54 Å². The van der Waals surface area contributed by atoms with Gasteiger partial charge in [0, 0.05) is 37.8 Å². The van der Waals surface area contributed by atoms with Crippen LogP contribution in [-0.2, 0) is 11.3 Å². The fourth-order valence-corrected chi connectivity index (χ4v) is 3.21. The number of halogens is 1. The lowest BCUT2D eigenvalue weighted by molar-refractivity contribution is -0.130. The fraction of sp³-hybridized carbons (Fsp3) is 0.261. The van der Waals surface area contributed by atoms with Crippen LogP contribution in [0.1, 0.15) is 33.7 Å². The number of nitrogens with zero attached hydrogens (tertiary/aromatic N) is 3. The summed E-state index contributed by atoms with van der Waals surface area (Å²) in [6, 6.07) is 15.8. The summed E-state index contributed by atoms with van der Waals surface area (Å²) < 4.78 is 16.1.